The lowest BCUT2D eigenvalue weighted by Crippen LogP contribution is -2.44. The van der Waals surface area contributed by atoms with Crippen LogP contribution in [0, 0.1) is 6.92 Å². The minimum atomic E-state index is -0.482. The molecule has 0 aromatic heterocycles. The summed E-state index contributed by atoms with van der Waals surface area (Å²) < 4.78 is 12.6. The van der Waals surface area contributed by atoms with E-state index in [1.807, 2.05) is 19.1 Å². The average molecular weight is 514 g/mol. The Morgan fingerprint density at radius 2 is 1.75 bits per heavy atom. The lowest BCUT2D eigenvalue weighted by atomic mass is 10.2. The molecule has 0 saturated heterocycles. The molecule has 2 N–H and O–H groups in total. The molecule has 0 fully saturated rings. The summed E-state index contributed by atoms with van der Waals surface area (Å²) in [7, 11) is 0. The molecular weight excluding hydrogens is 492 g/mol. The second-order valence-corrected chi connectivity index (χ2v) is 7.84. The maximum absolute atomic E-state index is 12.4. The van der Waals surface area contributed by atoms with Crippen molar-refractivity contribution in [2.24, 2.45) is 0 Å². The normalized spacial score (nSPS) is 10.3. The summed E-state index contributed by atoms with van der Waals surface area (Å²) in [6.45, 7) is 4.30. The van der Waals surface area contributed by atoms with Crippen molar-refractivity contribution in [1.29, 1.82) is 0 Å². The standard InChI is InChI=1S/C20H22Br2N2O4/c1-3-4-9-27-17-8-6-14(21)11-15(17)20(26)24-23-19(25)12-28-18-7-5-13(2)10-16(18)22/h5-8,10-11H,3-4,9,12H2,1-2H3,(H,23,25)(H,24,26). The average Bonchev–Trinajstić information content (AvgIpc) is 2.66. The number of hydrogen-bond donors (Lipinski definition) is 2. The summed E-state index contributed by atoms with van der Waals surface area (Å²) >= 11 is 6.73. The first kappa shape index (κ1) is 22.2. The van der Waals surface area contributed by atoms with E-state index in [4.69, 9.17) is 9.47 Å². The molecule has 2 aromatic carbocycles. The highest BCUT2D eigenvalue weighted by molar-refractivity contribution is 9.10. The van der Waals surface area contributed by atoms with Gasteiger partial charge in [0, 0.05) is 4.47 Å². The molecular formula is C20H22Br2N2O4. The molecule has 150 valence electrons. The predicted octanol–water partition coefficient (Wildman–Crippen LogP) is 4.54. The number of carbonyl (C=O) groups is 2. The van der Waals surface area contributed by atoms with Crippen LogP contribution in [0.4, 0.5) is 0 Å². The van der Waals surface area contributed by atoms with Gasteiger partial charge in [-0.1, -0.05) is 35.3 Å². The third-order valence-electron chi connectivity index (χ3n) is 3.70. The van der Waals surface area contributed by atoms with Gasteiger partial charge < -0.3 is 9.47 Å². The summed E-state index contributed by atoms with van der Waals surface area (Å²) in [6, 6.07) is 10.7. The van der Waals surface area contributed by atoms with Crippen molar-refractivity contribution in [3.8, 4) is 11.5 Å². The number of hydrogen-bond acceptors (Lipinski definition) is 4. The molecule has 8 heteroatoms. The van der Waals surface area contributed by atoms with E-state index in [-0.39, 0.29) is 6.61 Å². The third-order valence-corrected chi connectivity index (χ3v) is 4.82. The smallest absolute Gasteiger partial charge is 0.276 e. The van der Waals surface area contributed by atoms with Crippen LogP contribution in [0.25, 0.3) is 0 Å². The summed E-state index contributed by atoms with van der Waals surface area (Å²) in [5.74, 6) is 0.0517. The van der Waals surface area contributed by atoms with E-state index >= 15 is 0 Å². The van der Waals surface area contributed by atoms with Gasteiger partial charge in [-0.2, -0.15) is 0 Å². The lowest BCUT2D eigenvalue weighted by Gasteiger charge is -2.13. The molecule has 0 bridgehead atoms. The SMILES string of the molecule is CCCCOc1ccc(Br)cc1C(=O)NNC(=O)COc1ccc(C)cc1Br. The number of aryl methyl sites for hydroxylation is 1. The molecule has 0 unspecified atom stereocenters. The molecule has 0 spiro atoms. The summed E-state index contributed by atoms with van der Waals surface area (Å²) in [5, 5.41) is 0. The number of nitrogens with one attached hydrogen (secondary N) is 2. The first-order valence-corrected chi connectivity index (χ1v) is 10.4. The van der Waals surface area contributed by atoms with E-state index in [1.54, 1.807) is 24.3 Å². The van der Waals surface area contributed by atoms with E-state index < -0.39 is 11.8 Å². The van der Waals surface area contributed by atoms with Gasteiger partial charge in [0.2, 0.25) is 0 Å². The fourth-order valence-electron chi connectivity index (χ4n) is 2.23. The largest absolute Gasteiger partial charge is 0.493 e. The van der Waals surface area contributed by atoms with Gasteiger partial charge in [-0.15, -0.1) is 0 Å². The van der Waals surface area contributed by atoms with Crippen LogP contribution in [0.2, 0.25) is 0 Å². The molecule has 0 aliphatic heterocycles. The highest BCUT2D eigenvalue weighted by Crippen LogP contribution is 2.25. The van der Waals surface area contributed by atoms with Crippen molar-refractivity contribution in [1.82, 2.24) is 10.9 Å². The number of hydrazine groups is 1. The minimum Gasteiger partial charge on any atom is -0.493 e. The van der Waals surface area contributed by atoms with Crippen molar-refractivity contribution in [3.63, 3.8) is 0 Å². The Kier molecular flexibility index (Phi) is 8.79. The number of amides is 2. The number of rotatable bonds is 8. The second-order valence-electron chi connectivity index (χ2n) is 6.07. The van der Waals surface area contributed by atoms with Crippen LogP contribution in [0.3, 0.4) is 0 Å². The van der Waals surface area contributed by atoms with Gasteiger partial charge in [0.25, 0.3) is 11.8 Å². The van der Waals surface area contributed by atoms with E-state index in [1.165, 1.54) is 0 Å². The Bertz CT molecular complexity index is 843. The van der Waals surface area contributed by atoms with E-state index in [0.717, 1.165) is 27.4 Å². The fourth-order valence-corrected chi connectivity index (χ4v) is 3.20. The van der Waals surface area contributed by atoms with Crippen molar-refractivity contribution in [3.05, 3.63) is 56.5 Å². The number of unbranched alkanes of at least 4 members (excludes halogenated alkanes) is 1. The molecule has 0 saturated carbocycles. The van der Waals surface area contributed by atoms with Gasteiger partial charge in [0.1, 0.15) is 11.5 Å². The Balaban J connectivity index is 1.90. The van der Waals surface area contributed by atoms with Gasteiger partial charge in [0.15, 0.2) is 6.61 Å². The van der Waals surface area contributed by atoms with Gasteiger partial charge in [-0.05, 0) is 65.2 Å². The monoisotopic (exact) mass is 512 g/mol. The third kappa shape index (κ3) is 6.83. The van der Waals surface area contributed by atoms with Gasteiger partial charge in [-0.3, -0.25) is 20.4 Å². The van der Waals surface area contributed by atoms with Gasteiger partial charge in [0.05, 0.1) is 16.6 Å². The molecule has 0 radical (unpaired) electrons. The summed E-state index contributed by atoms with van der Waals surface area (Å²) in [4.78, 5) is 24.4. The van der Waals surface area contributed by atoms with Crippen molar-refractivity contribution < 1.29 is 19.1 Å². The van der Waals surface area contributed by atoms with Crippen LogP contribution in [0.15, 0.2) is 45.3 Å². The number of carbonyl (C=O) groups excluding carboxylic acids is 2. The van der Waals surface area contributed by atoms with E-state index in [0.29, 0.717) is 23.7 Å². The highest BCUT2D eigenvalue weighted by atomic mass is 79.9. The molecule has 2 amide bonds. The van der Waals surface area contributed by atoms with Crippen molar-refractivity contribution in [2.75, 3.05) is 13.2 Å². The van der Waals surface area contributed by atoms with Crippen LogP contribution < -0.4 is 20.3 Å². The van der Waals surface area contributed by atoms with Crippen molar-refractivity contribution in [2.45, 2.75) is 26.7 Å². The topological polar surface area (TPSA) is 76.7 Å². The Morgan fingerprint density at radius 3 is 2.46 bits per heavy atom. The first-order valence-electron chi connectivity index (χ1n) is 8.81. The Morgan fingerprint density at radius 1 is 1.00 bits per heavy atom. The van der Waals surface area contributed by atoms with Crippen LogP contribution in [-0.4, -0.2) is 25.0 Å². The molecule has 2 aromatic rings. The molecule has 6 nitrogen and oxygen atoms in total. The summed E-state index contributed by atoms with van der Waals surface area (Å²) in [6.07, 6.45) is 1.88. The van der Waals surface area contributed by atoms with Crippen LogP contribution in [0.1, 0.15) is 35.7 Å². The predicted molar refractivity (Wildman–Crippen MR) is 115 cm³/mol. The second kappa shape index (κ2) is 11.1. The van der Waals surface area contributed by atoms with Gasteiger partial charge in [-0.25, -0.2) is 0 Å². The number of benzene rings is 2. The minimum absolute atomic E-state index is 0.236. The van der Waals surface area contributed by atoms with Crippen LogP contribution in [-0.2, 0) is 4.79 Å². The molecule has 0 aliphatic rings. The fraction of sp³-hybridized carbons (Fsp3) is 0.300. The molecule has 2 rings (SSSR count). The highest BCUT2D eigenvalue weighted by Gasteiger charge is 2.15. The maximum atomic E-state index is 12.4. The number of halogens is 2. The van der Waals surface area contributed by atoms with Crippen LogP contribution >= 0.6 is 31.9 Å². The van der Waals surface area contributed by atoms with Gasteiger partial charge >= 0.3 is 0 Å². The Labute approximate surface area is 181 Å². The van der Waals surface area contributed by atoms with Crippen molar-refractivity contribution >= 4 is 43.7 Å². The number of ether oxygens (including phenoxy) is 2. The molecule has 0 heterocycles. The zero-order valence-electron chi connectivity index (χ0n) is 15.7. The lowest BCUT2D eigenvalue weighted by molar-refractivity contribution is -0.123. The Hall–Kier alpha value is -2.06. The van der Waals surface area contributed by atoms with E-state index in [2.05, 4.69) is 49.6 Å². The zero-order valence-corrected chi connectivity index (χ0v) is 18.9. The quantitative estimate of drug-likeness (QED) is 0.401. The molecule has 0 aliphatic carbocycles. The molecule has 28 heavy (non-hydrogen) atoms. The molecule has 0 atom stereocenters. The maximum Gasteiger partial charge on any atom is 0.276 e. The summed E-state index contributed by atoms with van der Waals surface area (Å²) in [5.41, 5.74) is 6.13. The first-order chi connectivity index (χ1) is 13.4. The van der Waals surface area contributed by atoms with Crippen LogP contribution in [0.5, 0.6) is 11.5 Å². The van der Waals surface area contributed by atoms with E-state index in [9.17, 15) is 9.59 Å². The zero-order chi connectivity index (χ0) is 20.5.